The Balaban J connectivity index is 1.91. The van der Waals surface area contributed by atoms with Crippen LogP contribution in [0.3, 0.4) is 0 Å². The lowest BCUT2D eigenvalue weighted by atomic mass is 10.1. The second-order valence-corrected chi connectivity index (χ2v) is 3.99. The molecule has 0 saturated carbocycles. The zero-order chi connectivity index (χ0) is 13.2. The molecule has 2 aromatic heterocycles. The van der Waals surface area contributed by atoms with Crippen molar-refractivity contribution in [1.29, 1.82) is 0 Å². The lowest BCUT2D eigenvalue weighted by molar-refractivity contribution is 0.295. The molecule has 0 atom stereocenters. The molecule has 96 valence electrons. The van der Waals surface area contributed by atoms with Crippen molar-refractivity contribution in [3.63, 3.8) is 0 Å². The van der Waals surface area contributed by atoms with Crippen LogP contribution >= 0.6 is 0 Å². The molecule has 0 amide bonds. The highest BCUT2D eigenvalue weighted by Crippen LogP contribution is 2.22. The monoisotopic (exact) mass is 257 g/mol. The number of hydrogen-bond donors (Lipinski definition) is 0. The SMILES string of the molecule is Cc1cc(=O)oc2cc(OCc3nnn[n-]3)ccc12. The van der Waals surface area contributed by atoms with E-state index in [2.05, 4.69) is 20.6 Å². The van der Waals surface area contributed by atoms with Crippen molar-refractivity contribution in [2.45, 2.75) is 13.5 Å². The predicted molar refractivity (Wildman–Crippen MR) is 64.7 cm³/mol. The average molecular weight is 257 g/mol. The van der Waals surface area contributed by atoms with Crippen LogP contribution in [0.4, 0.5) is 0 Å². The molecular formula is C12H9N4O3-. The van der Waals surface area contributed by atoms with Crippen molar-refractivity contribution in [2.24, 2.45) is 0 Å². The fraction of sp³-hybridized carbons (Fsp3) is 0.167. The summed E-state index contributed by atoms with van der Waals surface area (Å²) in [6.07, 6.45) is 0. The number of aryl methyl sites for hydroxylation is 1. The molecule has 0 spiro atoms. The highest BCUT2D eigenvalue weighted by molar-refractivity contribution is 5.81. The highest BCUT2D eigenvalue weighted by Gasteiger charge is 2.04. The van der Waals surface area contributed by atoms with Gasteiger partial charge in [0.25, 0.3) is 0 Å². The van der Waals surface area contributed by atoms with E-state index in [-0.39, 0.29) is 12.2 Å². The maximum atomic E-state index is 11.3. The zero-order valence-electron chi connectivity index (χ0n) is 10.0. The Morgan fingerprint density at radius 3 is 3.05 bits per heavy atom. The van der Waals surface area contributed by atoms with Crippen molar-refractivity contribution < 1.29 is 9.15 Å². The summed E-state index contributed by atoms with van der Waals surface area (Å²) >= 11 is 0. The molecule has 0 aliphatic carbocycles. The van der Waals surface area contributed by atoms with Gasteiger partial charge in [-0.15, -0.1) is 0 Å². The van der Waals surface area contributed by atoms with E-state index < -0.39 is 0 Å². The molecule has 0 bridgehead atoms. The summed E-state index contributed by atoms with van der Waals surface area (Å²) < 4.78 is 10.6. The zero-order valence-corrected chi connectivity index (χ0v) is 10.0. The lowest BCUT2D eigenvalue weighted by Gasteiger charge is -2.07. The fourth-order valence-electron chi connectivity index (χ4n) is 1.76. The summed E-state index contributed by atoms with van der Waals surface area (Å²) in [7, 11) is 0. The summed E-state index contributed by atoms with van der Waals surface area (Å²) in [5, 5.41) is 14.9. The van der Waals surface area contributed by atoms with E-state index in [9.17, 15) is 4.79 Å². The molecule has 7 nitrogen and oxygen atoms in total. The molecule has 0 N–H and O–H groups in total. The number of benzene rings is 1. The van der Waals surface area contributed by atoms with Crippen LogP contribution < -0.4 is 15.5 Å². The van der Waals surface area contributed by atoms with Gasteiger partial charge in [0.1, 0.15) is 17.9 Å². The smallest absolute Gasteiger partial charge is 0.336 e. The minimum absolute atomic E-state index is 0.161. The Kier molecular flexibility index (Phi) is 2.71. The molecule has 3 aromatic rings. The molecule has 3 rings (SSSR count). The summed E-state index contributed by atoms with van der Waals surface area (Å²) in [4.78, 5) is 11.3. The first-order valence-corrected chi connectivity index (χ1v) is 5.57. The van der Waals surface area contributed by atoms with Gasteiger partial charge in [0.2, 0.25) is 0 Å². The van der Waals surface area contributed by atoms with Gasteiger partial charge in [-0.05, 0) is 24.6 Å². The molecule has 0 aliphatic rings. The number of rotatable bonds is 3. The van der Waals surface area contributed by atoms with Gasteiger partial charge in [0, 0.05) is 23.3 Å². The quantitative estimate of drug-likeness (QED) is 0.641. The van der Waals surface area contributed by atoms with Crippen LogP contribution in [-0.2, 0) is 6.61 Å². The van der Waals surface area contributed by atoms with E-state index in [0.29, 0.717) is 17.2 Å². The molecule has 0 aliphatic heterocycles. The van der Waals surface area contributed by atoms with Gasteiger partial charge in [0.05, 0.1) is 0 Å². The first-order valence-electron chi connectivity index (χ1n) is 5.57. The molecule has 1 aromatic carbocycles. The van der Waals surface area contributed by atoms with Crippen LogP contribution in [0.5, 0.6) is 5.75 Å². The van der Waals surface area contributed by atoms with Gasteiger partial charge in [-0.2, -0.15) is 5.21 Å². The van der Waals surface area contributed by atoms with Crippen LogP contribution in [0, 0.1) is 6.92 Å². The topological polar surface area (TPSA) is 92.2 Å². The van der Waals surface area contributed by atoms with E-state index in [1.54, 1.807) is 12.1 Å². The number of aromatic nitrogens is 4. The average Bonchev–Trinajstić information content (AvgIpc) is 2.88. The van der Waals surface area contributed by atoms with Crippen LogP contribution in [0.25, 0.3) is 11.0 Å². The van der Waals surface area contributed by atoms with Gasteiger partial charge >= 0.3 is 5.63 Å². The molecule has 0 radical (unpaired) electrons. The molecule has 0 unspecified atom stereocenters. The number of fused-ring (bicyclic) bond motifs is 1. The minimum Gasteiger partial charge on any atom is -0.488 e. The summed E-state index contributed by atoms with van der Waals surface area (Å²) in [6, 6.07) is 6.75. The number of nitrogens with zero attached hydrogens (tertiary/aromatic N) is 4. The third-order valence-electron chi connectivity index (χ3n) is 2.65. The fourth-order valence-corrected chi connectivity index (χ4v) is 1.76. The van der Waals surface area contributed by atoms with E-state index in [1.807, 2.05) is 13.0 Å². The Bertz CT molecular complexity index is 764. The Morgan fingerprint density at radius 1 is 1.37 bits per heavy atom. The van der Waals surface area contributed by atoms with Crippen LogP contribution in [0.15, 0.2) is 33.5 Å². The second kappa shape index (κ2) is 4.52. The van der Waals surface area contributed by atoms with Crippen molar-refractivity contribution >= 4 is 11.0 Å². The molecule has 2 heterocycles. The van der Waals surface area contributed by atoms with E-state index >= 15 is 0 Å². The largest absolute Gasteiger partial charge is 0.488 e. The standard InChI is InChI=1S/C12H9N4O3/c1-7-4-12(17)19-10-5-8(2-3-9(7)10)18-6-11-13-15-16-14-11/h2-5H,6H2,1H3/q-1. The van der Waals surface area contributed by atoms with Crippen LogP contribution in [0.2, 0.25) is 0 Å². The van der Waals surface area contributed by atoms with E-state index in [1.165, 1.54) is 6.07 Å². The Labute approximate surface area is 107 Å². The van der Waals surface area contributed by atoms with Crippen molar-refractivity contribution in [2.75, 3.05) is 0 Å². The maximum absolute atomic E-state index is 11.3. The molecular weight excluding hydrogens is 248 g/mol. The number of ether oxygens (including phenoxy) is 1. The van der Waals surface area contributed by atoms with E-state index in [4.69, 9.17) is 9.15 Å². The van der Waals surface area contributed by atoms with Crippen LogP contribution in [-0.4, -0.2) is 15.5 Å². The van der Waals surface area contributed by atoms with E-state index in [0.717, 1.165) is 10.9 Å². The molecule has 0 saturated heterocycles. The third-order valence-corrected chi connectivity index (χ3v) is 2.65. The van der Waals surface area contributed by atoms with Crippen molar-refractivity contribution in [3.8, 4) is 5.75 Å². The van der Waals surface area contributed by atoms with Gasteiger partial charge in [0.15, 0.2) is 0 Å². The van der Waals surface area contributed by atoms with Crippen molar-refractivity contribution in [3.05, 3.63) is 46.1 Å². The summed E-state index contributed by atoms with van der Waals surface area (Å²) in [6.45, 7) is 2.02. The third kappa shape index (κ3) is 2.30. The minimum atomic E-state index is -0.380. The lowest BCUT2D eigenvalue weighted by Crippen LogP contribution is -2.00. The normalized spacial score (nSPS) is 10.8. The van der Waals surface area contributed by atoms with Gasteiger partial charge in [-0.25, -0.2) is 4.79 Å². The first-order chi connectivity index (χ1) is 9.22. The van der Waals surface area contributed by atoms with Gasteiger partial charge in [-0.1, -0.05) is 0 Å². The summed E-state index contributed by atoms with van der Waals surface area (Å²) in [5.41, 5.74) is 0.975. The molecule has 0 fully saturated rings. The molecule has 19 heavy (non-hydrogen) atoms. The van der Waals surface area contributed by atoms with Crippen LogP contribution in [0.1, 0.15) is 11.4 Å². The second-order valence-electron chi connectivity index (χ2n) is 3.99. The summed E-state index contributed by atoms with van der Waals surface area (Å²) in [5.74, 6) is 0.955. The Morgan fingerprint density at radius 2 is 2.26 bits per heavy atom. The van der Waals surface area contributed by atoms with Crippen molar-refractivity contribution in [1.82, 2.24) is 20.6 Å². The first kappa shape index (κ1) is 11.4. The Hall–Kier alpha value is -2.70. The highest BCUT2D eigenvalue weighted by atomic mass is 16.5. The number of tetrazole rings is 1. The number of hydrogen-bond acceptors (Lipinski definition) is 6. The van der Waals surface area contributed by atoms with Gasteiger partial charge in [-0.3, -0.25) is 10.3 Å². The predicted octanol–water partition coefficient (Wildman–Crippen LogP) is 0.823. The van der Waals surface area contributed by atoms with Gasteiger partial charge < -0.3 is 14.3 Å². The maximum Gasteiger partial charge on any atom is 0.336 e. The molecule has 7 heteroatoms.